The number of benzene rings is 1. The number of carbonyl (C=O) groups is 3. The molecule has 1 saturated carbocycles. The van der Waals surface area contributed by atoms with Crippen molar-refractivity contribution in [2.75, 3.05) is 19.0 Å². The van der Waals surface area contributed by atoms with E-state index >= 15 is 0 Å². The topological polar surface area (TPSA) is 84.5 Å². The molecule has 1 aliphatic carbocycles. The summed E-state index contributed by atoms with van der Waals surface area (Å²) in [5.41, 5.74) is 1.93. The van der Waals surface area contributed by atoms with Gasteiger partial charge in [0.25, 0.3) is 5.91 Å². The molecule has 0 radical (unpaired) electrons. The fourth-order valence-corrected chi connectivity index (χ4v) is 4.90. The molecule has 2 N–H and O–H groups in total. The molecule has 0 spiro atoms. The van der Waals surface area contributed by atoms with E-state index in [0.29, 0.717) is 28.4 Å². The SMILES string of the molecule is COC(=O)c1c(NC(=O)C2CCCCC2)sc(C(=O)NCCc2ccccc2)c1C. The molecule has 160 valence electrons. The maximum atomic E-state index is 12.8. The summed E-state index contributed by atoms with van der Waals surface area (Å²) in [6, 6.07) is 9.90. The van der Waals surface area contributed by atoms with Crippen molar-refractivity contribution >= 4 is 34.1 Å². The van der Waals surface area contributed by atoms with Crippen LogP contribution in [0, 0.1) is 12.8 Å². The summed E-state index contributed by atoms with van der Waals surface area (Å²) < 4.78 is 4.90. The standard InChI is InChI=1S/C23H28N2O4S/c1-15-18(23(28)29-2)22(25-20(26)17-11-7-4-8-12-17)30-19(15)21(27)24-14-13-16-9-5-3-6-10-16/h3,5-6,9-10,17H,4,7-8,11-14H2,1-2H3,(H,24,27)(H,25,26). The van der Waals surface area contributed by atoms with E-state index in [2.05, 4.69) is 10.6 Å². The van der Waals surface area contributed by atoms with E-state index in [9.17, 15) is 14.4 Å². The highest BCUT2D eigenvalue weighted by Gasteiger charge is 2.28. The van der Waals surface area contributed by atoms with Crippen molar-refractivity contribution in [3.63, 3.8) is 0 Å². The van der Waals surface area contributed by atoms with E-state index in [1.54, 1.807) is 6.92 Å². The summed E-state index contributed by atoms with van der Waals surface area (Å²) >= 11 is 1.13. The molecular formula is C23H28N2O4S. The number of methoxy groups -OCH3 is 1. The number of anilines is 1. The lowest BCUT2D eigenvalue weighted by atomic mass is 9.89. The van der Waals surface area contributed by atoms with Crippen LogP contribution in [0.2, 0.25) is 0 Å². The monoisotopic (exact) mass is 428 g/mol. The Balaban J connectivity index is 1.73. The van der Waals surface area contributed by atoms with Gasteiger partial charge in [-0.15, -0.1) is 11.3 Å². The molecule has 1 fully saturated rings. The van der Waals surface area contributed by atoms with Gasteiger partial charge in [-0.2, -0.15) is 0 Å². The summed E-state index contributed by atoms with van der Waals surface area (Å²) in [5, 5.41) is 6.19. The third-order valence-corrected chi connectivity index (χ3v) is 6.70. The Kier molecular flexibility index (Phi) is 7.63. The first-order chi connectivity index (χ1) is 14.5. The van der Waals surface area contributed by atoms with Crippen LogP contribution in [-0.2, 0) is 16.0 Å². The molecule has 6 nitrogen and oxygen atoms in total. The number of amides is 2. The van der Waals surface area contributed by atoms with Gasteiger partial charge in [-0.3, -0.25) is 9.59 Å². The van der Waals surface area contributed by atoms with Crippen LogP contribution in [0.3, 0.4) is 0 Å². The Hall–Kier alpha value is -2.67. The number of ether oxygens (including phenoxy) is 1. The maximum absolute atomic E-state index is 12.8. The van der Waals surface area contributed by atoms with E-state index in [-0.39, 0.29) is 23.3 Å². The van der Waals surface area contributed by atoms with Gasteiger partial charge in [0.05, 0.1) is 17.6 Å². The number of hydrogen-bond acceptors (Lipinski definition) is 5. The van der Waals surface area contributed by atoms with Gasteiger partial charge in [0.2, 0.25) is 5.91 Å². The predicted molar refractivity (Wildman–Crippen MR) is 118 cm³/mol. The minimum Gasteiger partial charge on any atom is -0.465 e. The molecule has 3 rings (SSSR count). The van der Waals surface area contributed by atoms with Gasteiger partial charge in [0.1, 0.15) is 5.00 Å². The van der Waals surface area contributed by atoms with Crippen molar-refractivity contribution in [2.45, 2.75) is 45.4 Å². The first kappa shape index (κ1) is 22.0. The Morgan fingerprint density at radius 1 is 1.10 bits per heavy atom. The normalized spacial score (nSPS) is 14.2. The fourth-order valence-electron chi connectivity index (χ4n) is 3.79. The summed E-state index contributed by atoms with van der Waals surface area (Å²) in [7, 11) is 1.30. The first-order valence-corrected chi connectivity index (χ1v) is 11.2. The highest BCUT2D eigenvalue weighted by Crippen LogP contribution is 2.35. The first-order valence-electron chi connectivity index (χ1n) is 10.4. The largest absolute Gasteiger partial charge is 0.465 e. The van der Waals surface area contributed by atoms with E-state index in [0.717, 1.165) is 49.0 Å². The van der Waals surface area contributed by atoms with Crippen LogP contribution in [0.4, 0.5) is 5.00 Å². The van der Waals surface area contributed by atoms with Crippen molar-refractivity contribution in [3.05, 3.63) is 51.9 Å². The molecular weight excluding hydrogens is 400 g/mol. The molecule has 1 heterocycles. The Bertz CT molecular complexity index is 901. The molecule has 7 heteroatoms. The lowest BCUT2D eigenvalue weighted by Crippen LogP contribution is -2.25. The van der Waals surface area contributed by atoms with Gasteiger partial charge in [-0.25, -0.2) is 4.79 Å². The number of hydrogen-bond donors (Lipinski definition) is 2. The third-order valence-electron chi connectivity index (χ3n) is 5.50. The molecule has 1 aromatic carbocycles. The van der Waals surface area contributed by atoms with Crippen LogP contribution in [0.5, 0.6) is 0 Å². The second-order valence-corrected chi connectivity index (χ2v) is 8.59. The van der Waals surface area contributed by atoms with E-state index in [1.807, 2.05) is 30.3 Å². The molecule has 1 aromatic heterocycles. The van der Waals surface area contributed by atoms with Crippen molar-refractivity contribution < 1.29 is 19.1 Å². The number of esters is 1. The zero-order valence-electron chi connectivity index (χ0n) is 17.5. The fraction of sp³-hybridized carbons (Fsp3) is 0.435. The lowest BCUT2D eigenvalue weighted by Gasteiger charge is -2.20. The lowest BCUT2D eigenvalue weighted by molar-refractivity contribution is -0.120. The average Bonchev–Trinajstić information content (AvgIpc) is 3.10. The Morgan fingerprint density at radius 2 is 1.80 bits per heavy atom. The zero-order chi connectivity index (χ0) is 21.5. The van der Waals surface area contributed by atoms with Crippen LogP contribution in [-0.4, -0.2) is 31.4 Å². The highest BCUT2D eigenvalue weighted by atomic mass is 32.1. The number of carbonyl (C=O) groups excluding carboxylic acids is 3. The summed E-state index contributed by atoms with van der Waals surface area (Å²) in [6.45, 7) is 2.20. The Morgan fingerprint density at radius 3 is 2.47 bits per heavy atom. The van der Waals surface area contributed by atoms with Crippen LogP contribution in [0.25, 0.3) is 0 Å². The quantitative estimate of drug-likeness (QED) is 0.643. The van der Waals surface area contributed by atoms with Gasteiger partial charge in [-0.05, 0) is 37.3 Å². The highest BCUT2D eigenvalue weighted by molar-refractivity contribution is 7.18. The van der Waals surface area contributed by atoms with Crippen LogP contribution in [0.1, 0.15) is 63.3 Å². The second-order valence-electron chi connectivity index (χ2n) is 7.57. The van der Waals surface area contributed by atoms with Crippen molar-refractivity contribution in [1.29, 1.82) is 0 Å². The number of rotatable bonds is 7. The van der Waals surface area contributed by atoms with E-state index < -0.39 is 5.97 Å². The maximum Gasteiger partial charge on any atom is 0.341 e. The average molecular weight is 429 g/mol. The van der Waals surface area contributed by atoms with E-state index in [4.69, 9.17) is 4.74 Å². The molecule has 0 aliphatic heterocycles. The van der Waals surface area contributed by atoms with Gasteiger partial charge in [0.15, 0.2) is 0 Å². The summed E-state index contributed by atoms with van der Waals surface area (Å²) in [5.74, 6) is -0.935. The van der Waals surface area contributed by atoms with Crippen LogP contribution in [0.15, 0.2) is 30.3 Å². The molecule has 30 heavy (non-hydrogen) atoms. The number of nitrogens with one attached hydrogen (secondary N) is 2. The van der Waals surface area contributed by atoms with Gasteiger partial charge >= 0.3 is 5.97 Å². The second kappa shape index (κ2) is 10.4. The summed E-state index contributed by atoms with van der Waals surface area (Å²) in [6.07, 6.45) is 5.67. The van der Waals surface area contributed by atoms with Crippen molar-refractivity contribution in [2.24, 2.45) is 5.92 Å². The molecule has 0 saturated heterocycles. The van der Waals surface area contributed by atoms with Gasteiger partial charge in [-0.1, -0.05) is 49.6 Å². The van der Waals surface area contributed by atoms with Crippen molar-refractivity contribution in [1.82, 2.24) is 5.32 Å². The van der Waals surface area contributed by atoms with E-state index in [1.165, 1.54) is 7.11 Å². The molecule has 2 amide bonds. The minimum absolute atomic E-state index is 0.0465. The summed E-state index contributed by atoms with van der Waals surface area (Å²) in [4.78, 5) is 38.2. The van der Waals surface area contributed by atoms with Crippen LogP contribution >= 0.6 is 11.3 Å². The predicted octanol–water partition coefficient (Wildman–Crippen LogP) is 4.33. The van der Waals surface area contributed by atoms with Gasteiger partial charge < -0.3 is 15.4 Å². The van der Waals surface area contributed by atoms with Crippen LogP contribution < -0.4 is 10.6 Å². The Labute approximate surface area is 181 Å². The number of thiophene rings is 1. The molecule has 0 atom stereocenters. The van der Waals surface area contributed by atoms with Gasteiger partial charge in [0, 0.05) is 12.5 Å². The molecule has 0 bridgehead atoms. The molecule has 0 unspecified atom stereocenters. The zero-order valence-corrected chi connectivity index (χ0v) is 18.3. The third kappa shape index (κ3) is 5.27. The molecule has 1 aliphatic rings. The minimum atomic E-state index is -0.550. The smallest absolute Gasteiger partial charge is 0.341 e. The van der Waals surface area contributed by atoms with Crippen molar-refractivity contribution in [3.8, 4) is 0 Å². The molecule has 2 aromatic rings.